The Bertz CT molecular complexity index is 551. The Morgan fingerprint density at radius 1 is 1.44 bits per heavy atom. The van der Waals surface area contributed by atoms with Crippen LogP contribution >= 0.6 is 15.9 Å². The summed E-state index contributed by atoms with van der Waals surface area (Å²) in [6.45, 7) is 0.436. The zero-order valence-electron chi connectivity index (χ0n) is 8.53. The zero-order chi connectivity index (χ0) is 11.8. The lowest BCUT2D eigenvalue weighted by atomic mass is 10.1. The Balaban J connectivity index is 2.62. The molecule has 1 N–H and O–H groups in total. The summed E-state index contributed by atoms with van der Waals surface area (Å²) >= 11 is 3.32. The molecule has 0 fully saturated rings. The van der Waals surface area contributed by atoms with Gasteiger partial charge in [0.25, 0.3) is 0 Å². The standard InChI is InChI=1S/C10H10BrNO3S/c1-16(13,14)10-3-2-7(11)6-8(10)9-4-5-15-12-9/h2-4,6,12H,5H2,1H3. The minimum atomic E-state index is -3.24. The lowest BCUT2D eigenvalue weighted by Crippen LogP contribution is -2.09. The van der Waals surface area contributed by atoms with E-state index in [-0.39, 0.29) is 0 Å². The molecule has 0 saturated heterocycles. The van der Waals surface area contributed by atoms with E-state index < -0.39 is 9.84 Å². The molecule has 1 heterocycles. The molecule has 0 atom stereocenters. The largest absolute Gasteiger partial charge is 0.272 e. The van der Waals surface area contributed by atoms with Gasteiger partial charge in [0.05, 0.1) is 17.2 Å². The van der Waals surface area contributed by atoms with Crippen LogP contribution in [-0.2, 0) is 14.7 Å². The third-order valence-electron chi connectivity index (χ3n) is 2.18. The minimum Gasteiger partial charge on any atom is -0.272 e. The molecule has 1 aromatic rings. The van der Waals surface area contributed by atoms with Gasteiger partial charge in [-0.25, -0.2) is 8.42 Å². The van der Waals surface area contributed by atoms with E-state index >= 15 is 0 Å². The van der Waals surface area contributed by atoms with Gasteiger partial charge in [-0.3, -0.25) is 10.3 Å². The molecule has 16 heavy (non-hydrogen) atoms. The van der Waals surface area contributed by atoms with Crippen molar-refractivity contribution in [1.29, 1.82) is 0 Å². The summed E-state index contributed by atoms with van der Waals surface area (Å²) in [6, 6.07) is 5.04. The first-order valence-electron chi connectivity index (χ1n) is 4.56. The van der Waals surface area contributed by atoms with Crippen LogP contribution in [0.25, 0.3) is 5.70 Å². The van der Waals surface area contributed by atoms with E-state index in [9.17, 15) is 8.42 Å². The van der Waals surface area contributed by atoms with Crippen molar-refractivity contribution in [2.24, 2.45) is 0 Å². The van der Waals surface area contributed by atoms with Gasteiger partial charge >= 0.3 is 0 Å². The number of hydrogen-bond donors (Lipinski definition) is 1. The zero-order valence-corrected chi connectivity index (χ0v) is 10.9. The molecule has 6 heteroatoms. The van der Waals surface area contributed by atoms with Gasteiger partial charge in [-0.15, -0.1) is 0 Å². The number of sulfone groups is 1. The van der Waals surface area contributed by atoms with Crippen LogP contribution in [0.15, 0.2) is 33.6 Å². The summed E-state index contributed by atoms with van der Waals surface area (Å²) in [4.78, 5) is 5.26. The van der Waals surface area contributed by atoms with Gasteiger partial charge in [-0.1, -0.05) is 15.9 Å². The molecule has 1 aromatic carbocycles. The number of hydroxylamine groups is 1. The van der Waals surface area contributed by atoms with Gasteiger partial charge in [0.2, 0.25) is 0 Å². The molecule has 0 aromatic heterocycles. The molecule has 0 unspecified atom stereocenters. The van der Waals surface area contributed by atoms with E-state index in [0.29, 0.717) is 22.8 Å². The fourth-order valence-corrected chi connectivity index (χ4v) is 2.73. The second-order valence-corrected chi connectivity index (χ2v) is 6.34. The van der Waals surface area contributed by atoms with Gasteiger partial charge in [0.15, 0.2) is 9.84 Å². The summed E-state index contributed by atoms with van der Waals surface area (Å²) < 4.78 is 24.0. The number of rotatable bonds is 2. The minimum absolute atomic E-state index is 0.292. The first-order chi connectivity index (χ1) is 7.48. The predicted octanol–water partition coefficient (Wildman–Crippen LogP) is 1.73. The Kier molecular flexibility index (Phi) is 3.05. The Hall–Kier alpha value is -0.850. The van der Waals surface area contributed by atoms with E-state index in [2.05, 4.69) is 21.4 Å². The number of hydrogen-bond acceptors (Lipinski definition) is 4. The second kappa shape index (κ2) is 4.20. The molecule has 0 radical (unpaired) electrons. The molecule has 0 bridgehead atoms. The van der Waals surface area contributed by atoms with Crippen molar-refractivity contribution in [3.05, 3.63) is 34.3 Å². The number of halogens is 1. The highest BCUT2D eigenvalue weighted by molar-refractivity contribution is 9.10. The number of benzene rings is 1. The van der Waals surface area contributed by atoms with Crippen molar-refractivity contribution in [3.8, 4) is 0 Å². The summed E-state index contributed by atoms with van der Waals surface area (Å²) in [5.41, 5.74) is 3.99. The Morgan fingerprint density at radius 2 is 2.19 bits per heavy atom. The van der Waals surface area contributed by atoms with Crippen LogP contribution in [0.3, 0.4) is 0 Å². The quantitative estimate of drug-likeness (QED) is 0.904. The van der Waals surface area contributed by atoms with E-state index in [1.807, 2.05) is 0 Å². The maximum atomic E-state index is 11.6. The number of nitrogens with one attached hydrogen (secondary N) is 1. The van der Waals surface area contributed by atoms with Gasteiger partial charge in [-0.05, 0) is 24.3 Å². The predicted molar refractivity (Wildman–Crippen MR) is 64.3 cm³/mol. The fourth-order valence-electron chi connectivity index (χ4n) is 1.49. The van der Waals surface area contributed by atoms with Gasteiger partial charge in [0.1, 0.15) is 0 Å². The average molecular weight is 304 g/mol. The van der Waals surface area contributed by atoms with E-state index in [4.69, 9.17) is 4.84 Å². The second-order valence-electron chi connectivity index (χ2n) is 3.44. The first-order valence-corrected chi connectivity index (χ1v) is 7.25. The smallest absolute Gasteiger partial charge is 0.176 e. The van der Waals surface area contributed by atoms with Crippen molar-refractivity contribution in [1.82, 2.24) is 5.48 Å². The Labute approximate surface area is 102 Å². The van der Waals surface area contributed by atoms with Crippen LogP contribution in [-0.4, -0.2) is 21.3 Å². The van der Waals surface area contributed by atoms with Gasteiger partial charge in [0, 0.05) is 16.3 Å². The topological polar surface area (TPSA) is 55.4 Å². The SMILES string of the molecule is CS(=O)(=O)c1ccc(Br)cc1C1=CCON1. The lowest BCUT2D eigenvalue weighted by Gasteiger charge is -2.09. The molecule has 0 amide bonds. The van der Waals surface area contributed by atoms with Crippen LogP contribution in [0.1, 0.15) is 5.56 Å². The molecule has 1 aliphatic heterocycles. The van der Waals surface area contributed by atoms with Crippen molar-refractivity contribution < 1.29 is 13.3 Å². The molecule has 4 nitrogen and oxygen atoms in total. The third kappa shape index (κ3) is 2.28. The maximum Gasteiger partial charge on any atom is 0.176 e. The van der Waals surface area contributed by atoms with E-state index in [1.165, 1.54) is 6.26 Å². The average Bonchev–Trinajstić information content (AvgIpc) is 2.68. The maximum absolute atomic E-state index is 11.6. The normalized spacial score (nSPS) is 15.8. The highest BCUT2D eigenvalue weighted by Crippen LogP contribution is 2.27. The molecule has 0 saturated carbocycles. The molecular weight excluding hydrogens is 294 g/mol. The van der Waals surface area contributed by atoms with Crippen molar-refractivity contribution in [3.63, 3.8) is 0 Å². The molecule has 2 rings (SSSR count). The summed E-state index contributed by atoms with van der Waals surface area (Å²) in [5, 5.41) is 0. The summed E-state index contributed by atoms with van der Waals surface area (Å²) in [6.07, 6.45) is 2.99. The molecule has 1 aliphatic rings. The molecule has 86 valence electrons. The van der Waals surface area contributed by atoms with Crippen molar-refractivity contribution in [2.75, 3.05) is 12.9 Å². The summed E-state index contributed by atoms with van der Waals surface area (Å²) in [7, 11) is -3.24. The highest BCUT2D eigenvalue weighted by Gasteiger charge is 2.18. The third-order valence-corrected chi connectivity index (χ3v) is 3.83. The fraction of sp³-hybridized carbons (Fsp3) is 0.200. The van der Waals surface area contributed by atoms with Crippen LogP contribution in [0.4, 0.5) is 0 Å². The van der Waals surface area contributed by atoms with Crippen LogP contribution in [0.5, 0.6) is 0 Å². The van der Waals surface area contributed by atoms with Crippen LogP contribution in [0, 0.1) is 0 Å². The first kappa shape index (κ1) is 11.6. The molecule has 0 aliphatic carbocycles. The van der Waals surface area contributed by atoms with E-state index in [0.717, 1.165) is 4.47 Å². The van der Waals surface area contributed by atoms with Gasteiger partial charge < -0.3 is 0 Å². The van der Waals surface area contributed by atoms with E-state index in [1.54, 1.807) is 24.3 Å². The Morgan fingerprint density at radius 3 is 2.75 bits per heavy atom. The van der Waals surface area contributed by atoms with Crippen molar-refractivity contribution in [2.45, 2.75) is 4.90 Å². The monoisotopic (exact) mass is 303 g/mol. The van der Waals surface area contributed by atoms with Crippen LogP contribution in [0.2, 0.25) is 0 Å². The molecule has 0 spiro atoms. The lowest BCUT2D eigenvalue weighted by molar-refractivity contribution is 0.121. The molecular formula is C10H10BrNO3S. The van der Waals surface area contributed by atoms with Crippen LogP contribution < -0.4 is 5.48 Å². The highest BCUT2D eigenvalue weighted by atomic mass is 79.9. The van der Waals surface area contributed by atoms with Crippen molar-refractivity contribution >= 4 is 31.5 Å². The summed E-state index contributed by atoms with van der Waals surface area (Å²) in [5.74, 6) is 0. The van der Waals surface area contributed by atoms with Gasteiger partial charge in [-0.2, -0.15) is 0 Å².